The highest BCUT2D eigenvalue weighted by molar-refractivity contribution is 5.51. The van der Waals surface area contributed by atoms with Crippen LogP contribution in [-0.4, -0.2) is 11.7 Å². The van der Waals surface area contributed by atoms with Crippen LogP contribution in [0.1, 0.15) is 17.2 Å². The average Bonchev–Trinajstić information content (AvgIpc) is 2.74. The van der Waals surface area contributed by atoms with E-state index in [9.17, 15) is 5.11 Å². The molecule has 0 amide bonds. The van der Waals surface area contributed by atoms with Crippen LogP contribution >= 0.6 is 0 Å². The monoisotopic (exact) mass is 241 g/mol. The summed E-state index contributed by atoms with van der Waals surface area (Å²) in [5.74, 6) is 1.00. The number of anilines is 1. The van der Waals surface area contributed by atoms with Gasteiger partial charge in [0, 0.05) is 17.3 Å². The van der Waals surface area contributed by atoms with Crippen LogP contribution in [-0.2, 0) is 0 Å². The van der Waals surface area contributed by atoms with Crippen LogP contribution in [0.25, 0.3) is 0 Å². The molecule has 3 nitrogen and oxygen atoms in total. The third-order valence-corrected chi connectivity index (χ3v) is 3.17. The Kier molecular flexibility index (Phi) is 2.59. The van der Waals surface area contributed by atoms with E-state index in [0.717, 1.165) is 17.0 Å². The highest BCUT2D eigenvalue weighted by atomic mass is 16.5. The molecule has 0 aliphatic carbocycles. The van der Waals surface area contributed by atoms with E-state index < -0.39 is 0 Å². The van der Waals surface area contributed by atoms with Crippen molar-refractivity contribution in [2.75, 3.05) is 11.9 Å². The van der Waals surface area contributed by atoms with Crippen molar-refractivity contribution in [2.24, 2.45) is 0 Å². The van der Waals surface area contributed by atoms with E-state index in [-0.39, 0.29) is 11.8 Å². The lowest BCUT2D eigenvalue weighted by atomic mass is 10.1. The average molecular weight is 241 g/mol. The highest BCUT2D eigenvalue weighted by Crippen LogP contribution is 2.36. The smallest absolute Gasteiger partial charge is 0.128 e. The number of ether oxygens (including phenoxy) is 1. The maximum Gasteiger partial charge on any atom is 0.128 e. The summed E-state index contributed by atoms with van der Waals surface area (Å²) in [7, 11) is 0. The van der Waals surface area contributed by atoms with Crippen molar-refractivity contribution in [3.63, 3.8) is 0 Å². The molecule has 0 saturated heterocycles. The van der Waals surface area contributed by atoms with Crippen molar-refractivity contribution in [3.05, 3.63) is 53.6 Å². The van der Waals surface area contributed by atoms with Crippen LogP contribution in [0.5, 0.6) is 11.5 Å². The Hall–Kier alpha value is -2.16. The first kappa shape index (κ1) is 11.0. The molecule has 1 heterocycles. The van der Waals surface area contributed by atoms with Crippen molar-refractivity contribution in [1.82, 2.24) is 0 Å². The molecule has 1 unspecified atom stereocenters. The first-order valence-corrected chi connectivity index (χ1v) is 6.01. The van der Waals surface area contributed by atoms with Gasteiger partial charge in [0.1, 0.15) is 18.1 Å². The first-order valence-electron chi connectivity index (χ1n) is 6.01. The molecule has 3 heteroatoms. The van der Waals surface area contributed by atoms with E-state index >= 15 is 0 Å². The number of phenolic OH excluding ortho intramolecular Hbond substituents is 1. The minimum Gasteiger partial charge on any atom is -0.508 e. The van der Waals surface area contributed by atoms with Crippen molar-refractivity contribution >= 4 is 5.69 Å². The van der Waals surface area contributed by atoms with Gasteiger partial charge in [-0.2, -0.15) is 0 Å². The van der Waals surface area contributed by atoms with Crippen molar-refractivity contribution in [1.29, 1.82) is 0 Å². The number of hydrogen-bond acceptors (Lipinski definition) is 3. The van der Waals surface area contributed by atoms with Gasteiger partial charge in [-0.3, -0.25) is 0 Å². The van der Waals surface area contributed by atoms with Crippen LogP contribution in [0.4, 0.5) is 5.69 Å². The summed E-state index contributed by atoms with van der Waals surface area (Å²) in [6, 6.07) is 13.7. The predicted octanol–water partition coefficient (Wildman–Crippen LogP) is 3.25. The molecule has 1 aliphatic rings. The highest BCUT2D eigenvalue weighted by Gasteiger charge is 2.24. The molecule has 0 saturated carbocycles. The molecule has 92 valence electrons. The zero-order chi connectivity index (χ0) is 12.5. The SMILES string of the molecule is Cc1ccc(NC2COc3cc(O)ccc32)cc1. The number of nitrogens with one attached hydrogen (secondary N) is 1. The minimum absolute atomic E-state index is 0.142. The summed E-state index contributed by atoms with van der Waals surface area (Å²) in [5.41, 5.74) is 3.41. The van der Waals surface area contributed by atoms with Crippen molar-refractivity contribution in [3.8, 4) is 11.5 Å². The van der Waals surface area contributed by atoms with Gasteiger partial charge in [0.05, 0.1) is 6.04 Å². The Labute approximate surface area is 106 Å². The Morgan fingerprint density at radius 3 is 2.72 bits per heavy atom. The second kappa shape index (κ2) is 4.26. The van der Waals surface area contributed by atoms with Gasteiger partial charge in [-0.15, -0.1) is 0 Å². The van der Waals surface area contributed by atoms with Gasteiger partial charge < -0.3 is 15.2 Å². The molecule has 2 N–H and O–H groups in total. The van der Waals surface area contributed by atoms with Crippen molar-refractivity contribution < 1.29 is 9.84 Å². The first-order chi connectivity index (χ1) is 8.72. The van der Waals surface area contributed by atoms with Gasteiger partial charge in [-0.25, -0.2) is 0 Å². The summed E-state index contributed by atoms with van der Waals surface area (Å²) in [5, 5.41) is 12.8. The summed E-state index contributed by atoms with van der Waals surface area (Å²) >= 11 is 0. The lowest BCUT2D eigenvalue weighted by Crippen LogP contribution is -2.11. The second-order valence-electron chi connectivity index (χ2n) is 4.60. The lowest BCUT2D eigenvalue weighted by molar-refractivity contribution is 0.338. The Bertz CT molecular complexity index is 563. The lowest BCUT2D eigenvalue weighted by Gasteiger charge is -2.13. The van der Waals surface area contributed by atoms with Crippen LogP contribution in [0, 0.1) is 6.92 Å². The Morgan fingerprint density at radius 2 is 1.94 bits per heavy atom. The minimum atomic E-state index is 0.142. The van der Waals surface area contributed by atoms with Crippen LogP contribution in [0.15, 0.2) is 42.5 Å². The summed E-state index contributed by atoms with van der Waals surface area (Å²) < 4.78 is 5.57. The topological polar surface area (TPSA) is 41.5 Å². The van der Waals surface area contributed by atoms with Crippen LogP contribution in [0.3, 0.4) is 0 Å². The van der Waals surface area contributed by atoms with E-state index in [1.54, 1.807) is 12.1 Å². The molecule has 0 aromatic heterocycles. The third-order valence-electron chi connectivity index (χ3n) is 3.17. The van der Waals surface area contributed by atoms with Gasteiger partial charge in [0.25, 0.3) is 0 Å². The van der Waals surface area contributed by atoms with E-state index in [1.165, 1.54) is 5.56 Å². The van der Waals surface area contributed by atoms with Gasteiger partial charge in [0.15, 0.2) is 0 Å². The molecule has 0 bridgehead atoms. The standard InChI is InChI=1S/C15H15NO2/c1-10-2-4-11(5-3-10)16-14-9-18-15-8-12(17)6-7-13(14)15/h2-8,14,16-17H,9H2,1H3. The molecule has 0 spiro atoms. The molecule has 1 atom stereocenters. The number of phenols is 1. The van der Waals surface area contributed by atoms with Crippen molar-refractivity contribution in [2.45, 2.75) is 13.0 Å². The largest absolute Gasteiger partial charge is 0.508 e. The molecule has 3 rings (SSSR count). The fourth-order valence-electron chi connectivity index (χ4n) is 2.17. The molecule has 2 aromatic carbocycles. The number of aromatic hydroxyl groups is 1. The normalized spacial score (nSPS) is 17.1. The molecule has 0 radical (unpaired) electrons. The Balaban J connectivity index is 1.82. The maximum absolute atomic E-state index is 9.40. The second-order valence-corrected chi connectivity index (χ2v) is 4.60. The van der Waals surface area contributed by atoms with E-state index in [4.69, 9.17) is 4.74 Å². The number of aryl methyl sites for hydroxylation is 1. The summed E-state index contributed by atoms with van der Waals surface area (Å²) in [6.07, 6.45) is 0. The fraction of sp³-hybridized carbons (Fsp3) is 0.200. The Morgan fingerprint density at radius 1 is 1.17 bits per heavy atom. The number of hydrogen-bond donors (Lipinski definition) is 2. The van der Waals surface area contributed by atoms with E-state index in [0.29, 0.717) is 6.61 Å². The molecule has 1 aliphatic heterocycles. The predicted molar refractivity (Wildman–Crippen MR) is 71.1 cm³/mol. The van der Waals surface area contributed by atoms with E-state index in [1.807, 2.05) is 6.07 Å². The summed E-state index contributed by atoms with van der Waals surface area (Å²) in [4.78, 5) is 0. The molecule has 18 heavy (non-hydrogen) atoms. The fourth-order valence-corrected chi connectivity index (χ4v) is 2.17. The molecule has 2 aromatic rings. The molecular weight excluding hydrogens is 226 g/mol. The number of benzene rings is 2. The van der Waals surface area contributed by atoms with E-state index in [2.05, 4.69) is 36.5 Å². The van der Waals surface area contributed by atoms with Gasteiger partial charge in [-0.1, -0.05) is 17.7 Å². The van der Waals surface area contributed by atoms with Gasteiger partial charge >= 0.3 is 0 Å². The zero-order valence-electron chi connectivity index (χ0n) is 10.2. The van der Waals surface area contributed by atoms with Crippen LogP contribution < -0.4 is 10.1 Å². The number of fused-ring (bicyclic) bond motifs is 1. The quantitative estimate of drug-likeness (QED) is 0.848. The zero-order valence-corrected chi connectivity index (χ0v) is 10.2. The van der Waals surface area contributed by atoms with Gasteiger partial charge in [-0.05, 0) is 31.2 Å². The molecule has 0 fully saturated rings. The molecular formula is C15H15NO2. The summed E-state index contributed by atoms with van der Waals surface area (Å²) in [6.45, 7) is 2.66. The van der Waals surface area contributed by atoms with Gasteiger partial charge in [0.2, 0.25) is 0 Å². The number of rotatable bonds is 2. The maximum atomic E-state index is 9.40. The third kappa shape index (κ3) is 1.99. The van der Waals surface area contributed by atoms with Crippen LogP contribution in [0.2, 0.25) is 0 Å².